The second-order valence-electron chi connectivity index (χ2n) is 4.64. The van der Waals surface area contributed by atoms with Gasteiger partial charge in [-0.3, -0.25) is 0 Å². The van der Waals surface area contributed by atoms with Gasteiger partial charge in [-0.2, -0.15) is 0 Å². The van der Waals surface area contributed by atoms with Crippen LogP contribution in [0.4, 0.5) is 0 Å². The zero-order chi connectivity index (χ0) is 11.6. The van der Waals surface area contributed by atoms with Gasteiger partial charge in [0.2, 0.25) is 5.79 Å². The summed E-state index contributed by atoms with van der Waals surface area (Å²) in [5.41, 5.74) is 0.723. The highest BCUT2D eigenvalue weighted by atomic mass is 16.7. The quantitative estimate of drug-likeness (QED) is 0.531. The van der Waals surface area contributed by atoms with Crippen molar-refractivity contribution in [3.63, 3.8) is 0 Å². The number of hydrogen-bond donors (Lipinski definition) is 0. The first kappa shape index (κ1) is 11.8. The van der Waals surface area contributed by atoms with Crippen molar-refractivity contribution in [1.29, 1.82) is 0 Å². The molecule has 16 heavy (non-hydrogen) atoms. The summed E-state index contributed by atoms with van der Waals surface area (Å²) in [6.07, 6.45) is 4.61. The van der Waals surface area contributed by atoms with Gasteiger partial charge in [-0.05, 0) is 32.6 Å². The molecule has 0 bridgehead atoms. The molecule has 1 atom stereocenters. The first-order valence-electron chi connectivity index (χ1n) is 6.30. The van der Waals surface area contributed by atoms with E-state index in [1.54, 1.807) is 0 Å². The van der Waals surface area contributed by atoms with Crippen molar-refractivity contribution in [2.45, 2.75) is 45.3 Å². The maximum Gasteiger partial charge on any atom is 0.202 e. The highest BCUT2D eigenvalue weighted by Crippen LogP contribution is 2.53. The summed E-state index contributed by atoms with van der Waals surface area (Å²) in [6.45, 7) is 5.00. The molecule has 3 heteroatoms. The van der Waals surface area contributed by atoms with E-state index >= 15 is 0 Å². The van der Waals surface area contributed by atoms with Crippen molar-refractivity contribution in [3.8, 4) is 0 Å². The number of ether oxygens (including phenoxy) is 2. The number of carbonyl (C=O) groups excluding carboxylic acids is 1. The van der Waals surface area contributed by atoms with Gasteiger partial charge in [0, 0.05) is 25.6 Å². The van der Waals surface area contributed by atoms with E-state index in [0.29, 0.717) is 25.0 Å². The Labute approximate surface area is 96.8 Å². The molecule has 0 amide bonds. The summed E-state index contributed by atoms with van der Waals surface area (Å²) in [6, 6.07) is 0. The van der Waals surface area contributed by atoms with E-state index in [4.69, 9.17) is 9.47 Å². The van der Waals surface area contributed by atoms with Gasteiger partial charge in [0.05, 0.1) is 5.57 Å². The molecule has 0 N–H and O–H groups in total. The average molecular weight is 224 g/mol. The highest BCUT2D eigenvalue weighted by Gasteiger charge is 2.56. The first-order chi connectivity index (χ1) is 7.77. The molecule has 1 unspecified atom stereocenters. The molecule has 3 nitrogen and oxygen atoms in total. The summed E-state index contributed by atoms with van der Waals surface area (Å²) < 4.78 is 11.3. The zero-order valence-corrected chi connectivity index (χ0v) is 10.1. The largest absolute Gasteiger partial charge is 0.346 e. The van der Waals surface area contributed by atoms with Crippen molar-refractivity contribution in [2.24, 2.45) is 11.8 Å². The molecular weight excluding hydrogens is 204 g/mol. The average Bonchev–Trinajstić information content (AvgIpc) is 2.15. The van der Waals surface area contributed by atoms with Crippen LogP contribution >= 0.6 is 0 Å². The SMILES string of the molecule is CCOC1(OCC)CC(C2CCC2)C1=C=O. The molecule has 0 radical (unpaired) electrons. The van der Waals surface area contributed by atoms with Gasteiger partial charge in [0.15, 0.2) is 0 Å². The van der Waals surface area contributed by atoms with Crippen LogP contribution in [0, 0.1) is 11.8 Å². The fraction of sp³-hybridized carbons (Fsp3) is 0.846. The lowest BCUT2D eigenvalue weighted by atomic mass is 9.61. The van der Waals surface area contributed by atoms with Crippen LogP contribution in [-0.2, 0) is 14.3 Å². The Morgan fingerprint density at radius 3 is 2.31 bits per heavy atom. The maximum atomic E-state index is 11.1. The molecule has 90 valence electrons. The van der Waals surface area contributed by atoms with Crippen LogP contribution in [0.25, 0.3) is 0 Å². The van der Waals surface area contributed by atoms with Gasteiger partial charge in [0.1, 0.15) is 5.94 Å². The standard InChI is InChI=1S/C13H20O3/c1-3-15-13(16-4-2)8-11(12(13)9-14)10-6-5-7-10/h10-11H,3-8H2,1-2H3. The third-order valence-electron chi connectivity index (χ3n) is 3.85. The molecule has 0 spiro atoms. The number of hydrogen-bond acceptors (Lipinski definition) is 3. The smallest absolute Gasteiger partial charge is 0.202 e. The minimum Gasteiger partial charge on any atom is -0.346 e. The van der Waals surface area contributed by atoms with Crippen molar-refractivity contribution < 1.29 is 14.3 Å². The Hall–Kier alpha value is -0.630. The molecule has 2 rings (SSSR count). The predicted octanol–water partition coefficient (Wildman–Crippen LogP) is 2.33. The van der Waals surface area contributed by atoms with Gasteiger partial charge >= 0.3 is 0 Å². The molecule has 0 aromatic rings. The van der Waals surface area contributed by atoms with Gasteiger partial charge in [-0.1, -0.05) is 6.42 Å². The van der Waals surface area contributed by atoms with Gasteiger partial charge in [-0.15, -0.1) is 0 Å². The van der Waals surface area contributed by atoms with Crippen LogP contribution in [0.5, 0.6) is 0 Å². The summed E-state index contributed by atoms with van der Waals surface area (Å²) in [4.78, 5) is 11.1. The summed E-state index contributed by atoms with van der Waals surface area (Å²) in [5.74, 6) is 2.38. The molecule has 0 aromatic carbocycles. The molecule has 2 fully saturated rings. The fourth-order valence-corrected chi connectivity index (χ4v) is 2.83. The molecule has 0 aliphatic heterocycles. The summed E-state index contributed by atoms with van der Waals surface area (Å²) in [5, 5.41) is 0. The molecule has 0 saturated heterocycles. The van der Waals surface area contributed by atoms with E-state index in [1.165, 1.54) is 19.3 Å². The van der Waals surface area contributed by atoms with Gasteiger partial charge in [0.25, 0.3) is 0 Å². The predicted molar refractivity (Wildman–Crippen MR) is 60.6 cm³/mol. The van der Waals surface area contributed by atoms with E-state index in [-0.39, 0.29) is 0 Å². The van der Waals surface area contributed by atoms with E-state index in [1.807, 2.05) is 13.8 Å². The topological polar surface area (TPSA) is 35.5 Å². The summed E-state index contributed by atoms with van der Waals surface area (Å²) >= 11 is 0. The van der Waals surface area contributed by atoms with Crippen LogP contribution in [0.2, 0.25) is 0 Å². The number of rotatable bonds is 5. The lowest BCUT2D eigenvalue weighted by molar-refractivity contribution is -0.255. The first-order valence-corrected chi connectivity index (χ1v) is 6.30. The molecule has 2 aliphatic rings. The van der Waals surface area contributed by atoms with Crippen LogP contribution in [0.3, 0.4) is 0 Å². The van der Waals surface area contributed by atoms with Crippen LogP contribution in [-0.4, -0.2) is 24.9 Å². The minimum absolute atomic E-state index is 0.365. The van der Waals surface area contributed by atoms with Gasteiger partial charge < -0.3 is 9.47 Å². The molecule has 0 aromatic heterocycles. The van der Waals surface area contributed by atoms with E-state index in [9.17, 15) is 4.79 Å². The highest BCUT2D eigenvalue weighted by molar-refractivity contribution is 5.60. The molecular formula is C13H20O3. The van der Waals surface area contributed by atoms with Crippen LogP contribution < -0.4 is 0 Å². The molecule has 2 saturated carbocycles. The Bertz CT molecular complexity index is 294. The third-order valence-corrected chi connectivity index (χ3v) is 3.85. The Morgan fingerprint density at radius 2 is 1.94 bits per heavy atom. The van der Waals surface area contributed by atoms with Crippen LogP contribution in [0.1, 0.15) is 39.5 Å². The summed E-state index contributed by atoms with van der Waals surface area (Å²) in [7, 11) is 0. The Kier molecular flexibility index (Phi) is 3.48. The monoisotopic (exact) mass is 224 g/mol. The third kappa shape index (κ3) is 1.73. The fourth-order valence-electron chi connectivity index (χ4n) is 2.83. The maximum absolute atomic E-state index is 11.1. The second kappa shape index (κ2) is 4.70. The van der Waals surface area contributed by atoms with E-state index < -0.39 is 5.79 Å². The normalized spacial score (nSPS) is 28.1. The van der Waals surface area contributed by atoms with Crippen LogP contribution in [0.15, 0.2) is 5.57 Å². The molecule has 0 heterocycles. The second-order valence-corrected chi connectivity index (χ2v) is 4.64. The molecule has 2 aliphatic carbocycles. The Balaban J connectivity index is 2.08. The van der Waals surface area contributed by atoms with Crippen molar-refractivity contribution in [3.05, 3.63) is 5.57 Å². The van der Waals surface area contributed by atoms with E-state index in [0.717, 1.165) is 12.0 Å². The minimum atomic E-state index is -0.731. The van der Waals surface area contributed by atoms with Gasteiger partial charge in [-0.25, -0.2) is 4.79 Å². The van der Waals surface area contributed by atoms with E-state index in [2.05, 4.69) is 5.94 Å². The lowest BCUT2D eigenvalue weighted by Gasteiger charge is -2.51. The zero-order valence-electron chi connectivity index (χ0n) is 10.1. The van der Waals surface area contributed by atoms with Crippen molar-refractivity contribution in [2.75, 3.05) is 13.2 Å². The van der Waals surface area contributed by atoms with Crippen molar-refractivity contribution >= 4 is 5.94 Å². The van der Waals surface area contributed by atoms with Crippen molar-refractivity contribution in [1.82, 2.24) is 0 Å². The lowest BCUT2D eigenvalue weighted by Crippen LogP contribution is -2.54. The Morgan fingerprint density at radius 1 is 1.31 bits per heavy atom.